The van der Waals surface area contributed by atoms with Crippen LogP contribution in [0.5, 0.6) is 0 Å². The van der Waals surface area contributed by atoms with Gasteiger partial charge in [0.05, 0.1) is 0 Å². The molecule has 0 aromatic rings. The third-order valence-electron chi connectivity index (χ3n) is 5.00. The van der Waals surface area contributed by atoms with E-state index in [4.69, 9.17) is 0 Å². The summed E-state index contributed by atoms with van der Waals surface area (Å²) in [6.07, 6.45) is 11.2. The van der Waals surface area contributed by atoms with Crippen molar-refractivity contribution in [1.82, 2.24) is 10.2 Å². The summed E-state index contributed by atoms with van der Waals surface area (Å²) < 4.78 is 0. The zero-order chi connectivity index (χ0) is 13.0. The first-order chi connectivity index (χ1) is 8.76. The molecular formula is C16H30N2. The Labute approximate surface area is 113 Å². The summed E-state index contributed by atoms with van der Waals surface area (Å²) >= 11 is 0. The minimum Gasteiger partial charge on any atom is -0.311 e. The number of rotatable bonds is 4. The highest BCUT2D eigenvalue weighted by Gasteiger charge is 2.33. The van der Waals surface area contributed by atoms with Gasteiger partial charge in [-0.05, 0) is 31.6 Å². The molecule has 1 saturated heterocycles. The molecule has 1 fully saturated rings. The van der Waals surface area contributed by atoms with Gasteiger partial charge in [-0.3, -0.25) is 4.90 Å². The van der Waals surface area contributed by atoms with Gasteiger partial charge in [0.15, 0.2) is 0 Å². The fourth-order valence-corrected chi connectivity index (χ4v) is 3.42. The van der Waals surface area contributed by atoms with Gasteiger partial charge >= 0.3 is 0 Å². The Hall–Kier alpha value is -0.340. The first-order valence-electron chi connectivity index (χ1n) is 7.90. The van der Waals surface area contributed by atoms with Gasteiger partial charge in [0.2, 0.25) is 0 Å². The molecule has 1 aliphatic heterocycles. The summed E-state index contributed by atoms with van der Waals surface area (Å²) in [5, 5.41) is 3.78. The van der Waals surface area contributed by atoms with Crippen LogP contribution in [0.25, 0.3) is 0 Å². The summed E-state index contributed by atoms with van der Waals surface area (Å²) in [5.74, 6) is 0.796. The normalized spacial score (nSPS) is 35.6. The van der Waals surface area contributed by atoms with E-state index < -0.39 is 0 Å². The van der Waals surface area contributed by atoms with Gasteiger partial charge in [0, 0.05) is 31.2 Å². The molecule has 2 nitrogen and oxygen atoms in total. The van der Waals surface area contributed by atoms with Crippen molar-refractivity contribution in [3.05, 3.63) is 12.2 Å². The zero-order valence-electron chi connectivity index (χ0n) is 12.4. The van der Waals surface area contributed by atoms with E-state index in [1.165, 1.54) is 45.2 Å². The number of hydrogen-bond donors (Lipinski definition) is 1. The van der Waals surface area contributed by atoms with Crippen molar-refractivity contribution < 1.29 is 0 Å². The molecule has 2 heteroatoms. The fraction of sp³-hybridized carbons (Fsp3) is 0.875. The monoisotopic (exact) mass is 250 g/mol. The largest absolute Gasteiger partial charge is 0.311 e. The molecule has 2 aliphatic rings. The summed E-state index contributed by atoms with van der Waals surface area (Å²) in [6.45, 7) is 9.48. The number of nitrogens with zero attached hydrogens (tertiary/aromatic N) is 1. The van der Waals surface area contributed by atoms with E-state index >= 15 is 0 Å². The Kier molecular flexibility index (Phi) is 5.25. The molecule has 1 N–H and O–H groups in total. The maximum Gasteiger partial charge on any atom is 0.0221 e. The van der Waals surface area contributed by atoms with Gasteiger partial charge in [-0.15, -0.1) is 0 Å². The highest BCUT2D eigenvalue weighted by atomic mass is 15.3. The Morgan fingerprint density at radius 3 is 2.78 bits per heavy atom. The van der Waals surface area contributed by atoms with Crippen LogP contribution in [0.1, 0.15) is 52.9 Å². The van der Waals surface area contributed by atoms with E-state index in [0.717, 1.165) is 18.0 Å². The Bertz CT molecular complexity index is 274. The molecule has 0 bridgehead atoms. The summed E-state index contributed by atoms with van der Waals surface area (Å²) in [4.78, 5) is 2.82. The van der Waals surface area contributed by atoms with E-state index in [9.17, 15) is 0 Å². The fourth-order valence-electron chi connectivity index (χ4n) is 3.42. The average molecular weight is 250 g/mol. The number of hydrogen-bond acceptors (Lipinski definition) is 2. The van der Waals surface area contributed by atoms with E-state index in [1.807, 2.05) is 0 Å². The minimum absolute atomic E-state index is 0.698. The number of piperazine rings is 1. The second kappa shape index (κ2) is 6.72. The number of nitrogens with one attached hydrogen (secondary N) is 1. The Morgan fingerprint density at radius 1 is 1.33 bits per heavy atom. The lowest BCUT2D eigenvalue weighted by molar-refractivity contribution is 0.0598. The molecule has 18 heavy (non-hydrogen) atoms. The molecule has 0 saturated carbocycles. The SMILES string of the molecule is CCC(C)C1CN(C2CC=CCC2)C(CC)CN1. The highest BCUT2D eigenvalue weighted by Crippen LogP contribution is 2.25. The van der Waals surface area contributed by atoms with E-state index in [0.29, 0.717) is 6.04 Å². The lowest BCUT2D eigenvalue weighted by Crippen LogP contribution is -2.60. The van der Waals surface area contributed by atoms with E-state index in [1.54, 1.807) is 0 Å². The molecule has 2 rings (SSSR count). The van der Waals surface area contributed by atoms with Crippen LogP contribution < -0.4 is 5.32 Å². The van der Waals surface area contributed by atoms with Crippen LogP contribution in [0.4, 0.5) is 0 Å². The molecule has 0 aromatic heterocycles. The molecular weight excluding hydrogens is 220 g/mol. The molecule has 0 amide bonds. The van der Waals surface area contributed by atoms with Gasteiger partial charge in [-0.25, -0.2) is 0 Å². The first kappa shape index (κ1) is 14.1. The van der Waals surface area contributed by atoms with Crippen molar-refractivity contribution in [2.75, 3.05) is 13.1 Å². The van der Waals surface area contributed by atoms with Gasteiger partial charge in [0.25, 0.3) is 0 Å². The van der Waals surface area contributed by atoms with Crippen molar-refractivity contribution in [3.63, 3.8) is 0 Å². The van der Waals surface area contributed by atoms with Crippen molar-refractivity contribution in [3.8, 4) is 0 Å². The van der Waals surface area contributed by atoms with Crippen LogP contribution in [0.15, 0.2) is 12.2 Å². The highest BCUT2D eigenvalue weighted by molar-refractivity contribution is 4.98. The smallest absolute Gasteiger partial charge is 0.0221 e. The number of allylic oxidation sites excluding steroid dienone is 1. The topological polar surface area (TPSA) is 15.3 Å². The first-order valence-corrected chi connectivity index (χ1v) is 7.90. The minimum atomic E-state index is 0.698. The maximum absolute atomic E-state index is 3.78. The second-order valence-corrected chi connectivity index (χ2v) is 6.10. The van der Waals surface area contributed by atoms with Crippen LogP contribution in [0.3, 0.4) is 0 Å². The maximum atomic E-state index is 3.78. The van der Waals surface area contributed by atoms with Gasteiger partial charge < -0.3 is 5.32 Å². The van der Waals surface area contributed by atoms with Crippen molar-refractivity contribution >= 4 is 0 Å². The Morgan fingerprint density at radius 2 is 2.17 bits per heavy atom. The third kappa shape index (κ3) is 3.16. The van der Waals surface area contributed by atoms with Gasteiger partial charge in [-0.1, -0.05) is 39.3 Å². The van der Waals surface area contributed by atoms with Crippen molar-refractivity contribution in [1.29, 1.82) is 0 Å². The van der Waals surface area contributed by atoms with Crippen LogP contribution >= 0.6 is 0 Å². The zero-order valence-corrected chi connectivity index (χ0v) is 12.4. The van der Waals surface area contributed by atoms with E-state index in [2.05, 4.69) is 43.1 Å². The van der Waals surface area contributed by atoms with Crippen LogP contribution in [-0.2, 0) is 0 Å². The third-order valence-corrected chi connectivity index (χ3v) is 5.00. The van der Waals surface area contributed by atoms with Gasteiger partial charge in [-0.2, -0.15) is 0 Å². The van der Waals surface area contributed by atoms with Crippen LogP contribution in [0, 0.1) is 5.92 Å². The average Bonchev–Trinajstić information content (AvgIpc) is 2.46. The van der Waals surface area contributed by atoms with Crippen molar-refractivity contribution in [2.24, 2.45) is 5.92 Å². The molecule has 104 valence electrons. The molecule has 1 aliphatic carbocycles. The molecule has 4 atom stereocenters. The lowest BCUT2D eigenvalue weighted by atomic mass is 9.91. The molecule has 4 unspecified atom stereocenters. The molecule has 1 heterocycles. The van der Waals surface area contributed by atoms with Crippen LogP contribution in [0.2, 0.25) is 0 Å². The van der Waals surface area contributed by atoms with Crippen molar-refractivity contribution in [2.45, 2.75) is 71.0 Å². The summed E-state index contributed by atoms with van der Waals surface area (Å²) in [5.41, 5.74) is 0. The quantitative estimate of drug-likeness (QED) is 0.771. The lowest BCUT2D eigenvalue weighted by Gasteiger charge is -2.46. The standard InChI is InChI=1S/C16H30N2/c1-4-13(3)16-12-18(14(5-2)11-17-16)15-9-7-6-8-10-15/h6-7,13-17H,4-5,8-12H2,1-3H3. The van der Waals surface area contributed by atoms with E-state index in [-0.39, 0.29) is 0 Å². The van der Waals surface area contributed by atoms with Gasteiger partial charge in [0.1, 0.15) is 0 Å². The molecule has 0 radical (unpaired) electrons. The second-order valence-electron chi connectivity index (χ2n) is 6.10. The predicted molar refractivity (Wildman–Crippen MR) is 78.8 cm³/mol. The predicted octanol–water partition coefficient (Wildman–Crippen LogP) is 3.19. The summed E-state index contributed by atoms with van der Waals surface area (Å²) in [7, 11) is 0. The molecule has 0 spiro atoms. The Balaban J connectivity index is 2.00. The molecule has 0 aromatic carbocycles. The summed E-state index contributed by atoms with van der Waals surface area (Å²) in [6, 6.07) is 2.25. The van der Waals surface area contributed by atoms with Crippen LogP contribution in [-0.4, -0.2) is 36.1 Å².